The average molecular weight is 307 g/mol. The normalized spacial score (nSPS) is 15.4. The third-order valence-corrected chi connectivity index (χ3v) is 3.54. The molecule has 0 amide bonds. The molecule has 0 N–H and O–H groups in total. The highest BCUT2D eigenvalue weighted by Crippen LogP contribution is 2.28. The summed E-state index contributed by atoms with van der Waals surface area (Å²) in [5, 5.41) is 11.0. The number of nitro groups is 1. The van der Waals surface area contributed by atoms with Gasteiger partial charge in [-0.2, -0.15) is 0 Å². The van der Waals surface area contributed by atoms with E-state index in [1.807, 2.05) is 30.3 Å². The van der Waals surface area contributed by atoms with Crippen LogP contribution >= 0.6 is 0 Å². The summed E-state index contributed by atoms with van der Waals surface area (Å²) in [6, 6.07) is 14.1. The molecule has 1 heterocycles. The molecule has 0 aliphatic carbocycles. The number of carbonyl (C=O) groups excluding carboxylic acids is 1. The zero-order valence-corrected chi connectivity index (χ0v) is 12.4. The van der Waals surface area contributed by atoms with Crippen LogP contribution in [0.3, 0.4) is 0 Å². The molecule has 0 bridgehead atoms. The van der Waals surface area contributed by atoms with Crippen molar-refractivity contribution in [3.8, 4) is 0 Å². The molecule has 5 nitrogen and oxygen atoms in total. The number of esters is 1. The molecular weight excluding hydrogens is 294 g/mol. The van der Waals surface area contributed by atoms with Crippen molar-refractivity contribution in [2.45, 2.75) is 6.92 Å². The van der Waals surface area contributed by atoms with Crippen molar-refractivity contribution in [1.29, 1.82) is 0 Å². The highest BCUT2D eigenvalue weighted by molar-refractivity contribution is 6.05. The third kappa shape index (κ3) is 3.03. The summed E-state index contributed by atoms with van der Waals surface area (Å²) in [6.07, 6.45) is 3.23. The summed E-state index contributed by atoms with van der Waals surface area (Å²) < 4.78 is 5.25. The molecular formula is C18H13NO4. The van der Waals surface area contributed by atoms with Gasteiger partial charge in [0, 0.05) is 17.2 Å². The van der Waals surface area contributed by atoms with Gasteiger partial charge in [-0.1, -0.05) is 42.5 Å². The van der Waals surface area contributed by atoms with Crippen molar-refractivity contribution in [2.75, 3.05) is 0 Å². The fourth-order valence-electron chi connectivity index (χ4n) is 2.33. The van der Waals surface area contributed by atoms with Gasteiger partial charge < -0.3 is 4.74 Å². The topological polar surface area (TPSA) is 69.4 Å². The van der Waals surface area contributed by atoms with E-state index in [4.69, 9.17) is 4.74 Å². The van der Waals surface area contributed by atoms with Gasteiger partial charge in [0.2, 0.25) is 0 Å². The van der Waals surface area contributed by atoms with Crippen LogP contribution < -0.4 is 0 Å². The summed E-state index contributed by atoms with van der Waals surface area (Å²) in [4.78, 5) is 22.5. The van der Waals surface area contributed by atoms with E-state index in [2.05, 4.69) is 0 Å². The fourth-order valence-corrected chi connectivity index (χ4v) is 2.33. The third-order valence-electron chi connectivity index (χ3n) is 3.54. The van der Waals surface area contributed by atoms with Crippen molar-refractivity contribution in [1.82, 2.24) is 0 Å². The number of hydrogen-bond donors (Lipinski definition) is 0. The number of rotatable bonds is 3. The predicted molar refractivity (Wildman–Crippen MR) is 86.3 cm³/mol. The van der Waals surface area contributed by atoms with Crippen molar-refractivity contribution in [3.05, 3.63) is 87.0 Å². The number of carbonyl (C=O) groups is 1. The van der Waals surface area contributed by atoms with Crippen LogP contribution in [0, 0.1) is 17.0 Å². The first-order valence-corrected chi connectivity index (χ1v) is 7.00. The van der Waals surface area contributed by atoms with E-state index < -0.39 is 10.9 Å². The molecule has 0 unspecified atom stereocenters. The molecule has 0 aromatic heterocycles. The minimum atomic E-state index is -0.466. The van der Waals surface area contributed by atoms with Gasteiger partial charge in [0.05, 0.1) is 10.5 Å². The van der Waals surface area contributed by atoms with Crippen molar-refractivity contribution >= 4 is 23.5 Å². The Morgan fingerprint density at radius 1 is 1.13 bits per heavy atom. The zero-order chi connectivity index (χ0) is 16.4. The van der Waals surface area contributed by atoms with Crippen LogP contribution in [0.5, 0.6) is 0 Å². The Morgan fingerprint density at radius 2 is 1.87 bits per heavy atom. The summed E-state index contributed by atoms with van der Waals surface area (Å²) in [6.45, 7) is 1.67. The lowest BCUT2D eigenvalue weighted by atomic mass is 10.1. The van der Waals surface area contributed by atoms with E-state index in [0.29, 0.717) is 22.5 Å². The van der Waals surface area contributed by atoms with E-state index in [1.165, 1.54) is 6.07 Å². The lowest BCUT2D eigenvalue weighted by molar-refractivity contribution is -0.385. The number of aryl methyl sites for hydroxylation is 1. The lowest BCUT2D eigenvalue weighted by Gasteiger charge is -2.00. The zero-order valence-electron chi connectivity index (χ0n) is 12.4. The van der Waals surface area contributed by atoms with Crippen LogP contribution in [0.1, 0.15) is 16.7 Å². The second-order valence-electron chi connectivity index (χ2n) is 5.17. The Kier molecular flexibility index (Phi) is 3.76. The first kappa shape index (κ1) is 14.7. The minimum absolute atomic E-state index is 0.0259. The predicted octanol–water partition coefficient (Wildman–Crippen LogP) is 3.88. The van der Waals surface area contributed by atoms with Gasteiger partial charge in [-0.15, -0.1) is 0 Å². The molecule has 3 rings (SSSR count). The molecule has 2 aromatic rings. The maximum atomic E-state index is 12.0. The molecule has 114 valence electrons. The van der Waals surface area contributed by atoms with Gasteiger partial charge in [-0.25, -0.2) is 4.79 Å². The quantitative estimate of drug-likeness (QED) is 0.373. The number of cyclic esters (lactones) is 1. The number of benzene rings is 2. The van der Waals surface area contributed by atoms with Crippen LogP contribution in [0.25, 0.3) is 11.8 Å². The molecule has 0 radical (unpaired) electrons. The largest absolute Gasteiger partial charge is 0.422 e. The first-order chi connectivity index (χ1) is 11.0. The number of nitro benzene ring substituents is 1. The molecule has 1 aliphatic heterocycles. The van der Waals surface area contributed by atoms with E-state index in [0.717, 1.165) is 5.56 Å². The van der Waals surface area contributed by atoms with Crippen LogP contribution in [-0.4, -0.2) is 10.9 Å². The van der Waals surface area contributed by atoms with Crippen molar-refractivity contribution in [3.63, 3.8) is 0 Å². The maximum Gasteiger partial charge on any atom is 0.343 e. The monoisotopic (exact) mass is 307 g/mol. The Bertz CT molecular complexity index is 851. The van der Waals surface area contributed by atoms with Gasteiger partial charge in [-0.3, -0.25) is 10.1 Å². The second-order valence-corrected chi connectivity index (χ2v) is 5.17. The molecule has 0 atom stereocenters. The highest BCUT2D eigenvalue weighted by atomic mass is 16.6. The van der Waals surface area contributed by atoms with Crippen molar-refractivity contribution in [2.24, 2.45) is 0 Å². The summed E-state index contributed by atoms with van der Waals surface area (Å²) in [7, 11) is 0. The average Bonchev–Trinajstić information content (AvgIpc) is 2.91. The Morgan fingerprint density at radius 3 is 2.57 bits per heavy atom. The van der Waals surface area contributed by atoms with E-state index in [1.54, 1.807) is 31.2 Å². The molecule has 1 aliphatic rings. The Hall–Kier alpha value is -3.21. The standard InChI is InChI=1S/C18H13NO4/c1-12-7-8-13(10-16(12)19(21)22)9-15-11-17(23-18(15)20)14-5-3-2-4-6-14/h2-11H,1H3/b15-9-. The van der Waals surface area contributed by atoms with Gasteiger partial charge in [0.15, 0.2) is 0 Å². The van der Waals surface area contributed by atoms with E-state index in [9.17, 15) is 14.9 Å². The molecule has 23 heavy (non-hydrogen) atoms. The van der Waals surface area contributed by atoms with Crippen LogP contribution in [-0.2, 0) is 9.53 Å². The Labute approximate surface area is 132 Å². The maximum absolute atomic E-state index is 12.0. The number of nitrogens with zero attached hydrogens (tertiary/aromatic N) is 1. The van der Waals surface area contributed by atoms with Crippen LogP contribution in [0.4, 0.5) is 5.69 Å². The highest BCUT2D eigenvalue weighted by Gasteiger charge is 2.22. The van der Waals surface area contributed by atoms with Gasteiger partial charge in [0.25, 0.3) is 5.69 Å². The smallest absolute Gasteiger partial charge is 0.343 e. The summed E-state index contributed by atoms with van der Waals surface area (Å²) in [5.41, 5.74) is 2.35. The van der Waals surface area contributed by atoms with Crippen LogP contribution in [0.15, 0.2) is 60.2 Å². The molecule has 0 saturated heterocycles. The van der Waals surface area contributed by atoms with Gasteiger partial charge >= 0.3 is 5.97 Å². The molecule has 0 saturated carbocycles. The summed E-state index contributed by atoms with van der Waals surface area (Å²) >= 11 is 0. The van der Waals surface area contributed by atoms with Gasteiger partial charge in [-0.05, 0) is 24.6 Å². The fraction of sp³-hybridized carbons (Fsp3) is 0.0556. The lowest BCUT2D eigenvalue weighted by Crippen LogP contribution is -1.97. The summed E-state index contributed by atoms with van der Waals surface area (Å²) in [5.74, 6) is 0.00976. The van der Waals surface area contributed by atoms with Gasteiger partial charge in [0.1, 0.15) is 5.76 Å². The minimum Gasteiger partial charge on any atom is -0.422 e. The van der Waals surface area contributed by atoms with E-state index >= 15 is 0 Å². The first-order valence-electron chi connectivity index (χ1n) is 7.00. The van der Waals surface area contributed by atoms with Crippen molar-refractivity contribution < 1.29 is 14.5 Å². The molecule has 2 aromatic carbocycles. The Balaban J connectivity index is 1.97. The van der Waals surface area contributed by atoms with E-state index in [-0.39, 0.29) is 5.69 Å². The number of ether oxygens (including phenoxy) is 1. The number of hydrogen-bond acceptors (Lipinski definition) is 4. The second kappa shape index (κ2) is 5.88. The molecule has 5 heteroatoms. The SMILES string of the molecule is Cc1ccc(/C=C2/C=C(c3ccccc3)OC2=O)cc1[N+](=O)[O-]. The molecule has 0 fully saturated rings. The van der Waals surface area contributed by atoms with Crippen LogP contribution in [0.2, 0.25) is 0 Å². The molecule has 0 spiro atoms.